The van der Waals surface area contributed by atoms with Crippen LogP contribution in [0.1, 0.15) is 96.5 Å². The maximum atomic E-state index is 14.7. The average molecular weight is 728 g/mol. The van der Waals surface area contributed by atoms with Crippen molar-refractivity contribution >= 4 is 22.8 Å². The zero-order valence-electron chi connectivity index (χ0n) is 30.7. The van der Waals surface area contributed by atoms with Crippen molar-refractivity contribution in [3.8, 4) is 16.8 Å². The summed E-state index contributed by atoms with van der Waals surface area (Å²) >= 11 is 0. The Balaban J connectivity index is 0.00000523. The molecule has 0 spiro atoms. The number of carbonyl (C=O) groups excluding carboxylic acids is 2. The summed E-state index contributed by atoms with van der Waals surface area (Å²) in [5.41, 5.74) is 6.05. The molecule has 3 N–H and O–H groups in total. The fourth-order valence-corrected chi connectivity index (χ4v) is 8.41. The van der Waals surface area contributed by atoms with E-state index in [1.807, 2.05) is 82.9 Å². The summed E-state index contributed by atoms with van der Waals surface area (Å²) in [5.74, 6) is -0.309. The van der Waals surface area contributed by atoms with E-state index in [1.54, 1.807) is 9.58 Å². The highest BCUT2D eigenvalue weighted by molar-refractivity contribution is 7.82. The van der Waals surface area contributed by atoms with Crippen molar-refractivity contribution in [3.05, 3.63) is 101 Å². The zero-order valence-corrected chi connectivity index (χ0v) is 31.5. The zero-order chi connectivity index (χ0) is 35.9. The molecule has 278 valence electrons. The van der Waals surface area contributed by atoms with Gasteiger partial charge in [-0.2, -0.15) is 5.10 Å². The van der Waals surface area contributed by atoms with E-state index in [1.165, 1.54) is 6.42 Å². The van der Waals surface area contributed by atoms with Crippen LogP contribution in [0.15, 0.2) is 77.7 Å². The van der Waals surface area contributed by atoms with E-state index in [2.05, 4.69) is 19.9 Å². The summed E-state index contributed by atoms with van der Waals surface area (Å²) in [7, 11) is -1.21. The molecular weight excluding hydrogens is 675 g/mol. The van der Waals surface area contributed by atoms with Crippen LogP contribution in [-0.4, -0.2) is 89.3 Å². The van der Waals surface area contributed by atoms with Gasteiger partial charge < -0.3 is 20.4 Å². The molecule has 11 heteroatoms. The second-order valence-electron chi connectivity index (χ2n) is 13.8. The first-order valence-electron chi connectivity index (χ1n) is 18.6. The van der Waals surface area contributed by atoms with Gasteiger partial charge in [-0.1, -0.05) is 75.6 Å². The Bertz CT molecular complexity index is 1840. The number of piperidine rings is 1. The van der Waals surface area contributed by atoms with Crippen LogP contribution in [0, 0.1) is 6.92 Å². The molecule has 52 heavy (non-hydrogen) atoms. The first-order chi connectivity index (χ1) is 24.8. The van der Waals surface area contributed by atoms with E-state index in [9.17, 15) is 18.9 Å². The monoisotopic (exact) mass is 727 g/mol. The second-order valence-corrected chi connectivity index (χ2v) is 15.3. The summed E-state index contributed by atoms with van der Waals surface area (Å²) in [5, 5.41) is 15.3. The molecule has 3 heterocycles. The summed E-state index contributed by atoms with van der Waals surface area (Å²) in [4.78, 5) is 32.9. The average Bonchev–Trinajstić information content (AvgIpc) is 3.57. The van der Waals surface area contributed by atoms with Crippen molar-refractivity contribution in [1.29, 1.82) is 0 Å². The first kappa shape index (κ1) is 39.1. The SMILES string of the molecule is CCCCN(CCCC)C(=O)c1cc(C)n(-c2ccc(-c3ccc(S(=O)N4CCCCC4)cc3)cc2C(=O)N2Cc3ccccc3C[C@H]2CO)n1.O. The van der Waals surface area contributed by atoms with Gasteiger partial charge in [-0.15, -0.1) is 0 Å². The Morgan fingerprint density at radius 1 is 0.885 bits per heavy atom. The lowest BCUT2D eigenvalue weighted by atomic mass is 9.93. The molecule has 10 nitrogen and oxygen atoms in total. The molecule has 2 aliphatic heterocycles. The van der Waals surface area contributed by atoms with Crippen LogP contribution >= 0.6 is 0 Å². The van der Waals surface area contributed by atoms with Gasteiger partial charge in [0.25, 0.3) is 11.8 Å². The lowest BCUT2D eigenvalue weighted by Gasteiger charge is -2.36. The number of hydrogen-bond donors (Lipinski definition) is 1. The van der Waals surface area contributed by atoms with Crippen molar-refractivity contribution in [2.45, 2.75) is 89.6 Å². The van der Waals surface area contributed by atoms with Gasteiger partial charge in [-0.25, -0.2) is 13.2 Å². The quantitative estimate of drug-likeness (QED) is 0.177. The summed E-state index contributed by atoms with van der Waals surface area (Å²) in [6.45, 7) is 9.42. The third kappa shape index (κ3) is 8.55. The number of aryl methyl sites for hydroxylation is 1. The number of nitrogens with zero attached hydrogens (tertiary/aromatic N) is 5. The van der Waals surface area contributed by atoms with E-state index in [-0.39, 0.29) is 29.9 Å². The molecule has 0 bridgehead atoms. The van der Waals surface area contributed by atoms with Gasteiger partial charge in [0.15, 0.2) is 5.69 Å². The number of unbranched alkanes of at least 4 members (excludes halogenated alkanes) is 2. The lowest BCUT2D eigenvalue weighted by Crippen LogP contribution is -2.46. The largest absolute Gasteiger partial charge is 0.412 e. The highest BCUT2D eigenvalue weighted by Gasteiger charge is 2.32. The fourth-order valence-electron chi connectivity index (χ4n) is 7.16. The van der Waals surface area contributed by atoms with E-state index >= 15 is 0 Å². The number of amides is 2. The van der Waals surface area contributed by atoms with Crippen LogP contribution in [0.5, 0.6) is 0 Å². The maximum Gasteiger partial charge on any atom is 0.274 e. The summed E-state index contributed by atoms with van der Waals surface area (Å²) < 4.78 is 17.0. The van der Waals surface area contributed by atoms with Gasteiger partial charge in [0.05, 0.1) is 28.8 Å². The van der Waals surface area contributed by atoms with Crippen molar-refractivity contribution < 1.29 is 24.4 Å². The summed E-state index contributed by atoms with van der Waals surface area (Å²) in [6.07, 6.45) is 7.71. The first-order valence-corrected chi connectivity index (χ1v) is 19.7. The standard InChI is InChI=1S/C41H51N5O4S.H2O/c1-4-6-21-43(22-7-5-2)41(49)38-25-30(3)46(42-38)39-20-17-33(31-15-18-36(19-16-31)51(50)44-23-11-8-12-24-44)27-37(39)40(48)45-28-34-14-10-9-13-32(34)26-35(45)29-47;/h9-10,13-20,25,27,35,47H,4-8,11-12,21-24,26,28-29H2,1-3H3;1H2/t35-,51?;/m0./s1. The third-order valence-corrected chi connectivity index (χ3v) is 11.7. The molecule has 4 aromatic rings. The molecule has 0 aliphatic carbocycles. The Morgan fingerprint density at radius 2 is 1.54 bits per heavy atom. The number of carbonyl (C=O) groups is 2. The Hall–Kier alpha value is -4.16. The summed E-state index contributed by atoms with van der Waals surface area (Å²) in [6, 6.07) is 23.0. The number of aromatic nitrogens is 2. The van der Waals surface area contributed by atoms with Crippen molar-refractivity contribution in [2.75, 3.05) is 32.8 Å². The molecule has 2 aliphatic rings. The van der Waals surface area contributed by atoms with E-state index < -0.39 is 11.0 Å². The van der Waals surface area contributed by atoms with Gasteiger partial charge in [0, 0.05) is 38.4 Å². The smallest absolute Gasteiger partial charge is 0.274 e. The number of rotatable bonds is 13. The van der Waals surface area contributed by atoms with Crippen LogP contribution < -0.4 is 0 Å². The van der Waals surface area contributed by atoms with E-state index in [4.69, 9.17) is 5.10 Å². The highest BCUT2D eigenvalue weighted by Crippen LogP contribution is 2.31. The number of fused-ring (bicyclic) bond motifs is 1. The number of hydrogen-bond acceptors (Lipinski definition) is 5. The number of aliphatic hydroxyl groups is 1. The van der Waals surface area contributed by atoms with E-state index in [0.717, 1.165) is 84.5 Å². The predicted octanol–water partition coefficient (Wildman–Crippen LogP) is 6.13. The molecular formula is C41H53N5O5S. The van der Waals surface area contributed by atoms with Crippen molar-refractivity contribution in [2.24, 2.45) is 0 Å². The molecule has 2 atom stereocenters. The minimum absolute atomic E-state index is 0. The minimum atomic E-state index is -1.21. The number of aliphatic hydroxyl groups excluding tert-OH is 1. The van der Waals surface area contributed by atoms with Gasteiger partial charge >= 0.3 is 0 Å². The molecule has 1 aromatic heterocycles. The fraction of sp³-hybridized carbons (Fsp3) is 0.439. The number of benzene rings is 3. The molecule has 6 rings (SSSR count). The third-order valence-electron chi connectivity index (χ3n) is 10.2. The van der Waals surface area contributed by atoms with Crippen molar-refractivity contribution in [3.63, 3.8) is 0 Å². The molecule has 2 amide bonds. The minimum Gasteiger partial charge on any atom is -0.412 e. The van der Waals surface area contributed by atoms with Gasteiger partial charge in [0.2, 0.25) is 0 Å². The van der Waals surface area contributed by atoms with Crippen LogP contribution in [0.3, 0.4) is 0 Å². The lowest BCUT2D eigenvalue weighted by molar-refractivity contribution is 0.0544. The second kappa shape index (κ2) is 18.1. The predicted molar refractivity (Wildman–Crippen MR) is 206 cm³/mol. The molecule has 0 radical (unpaired) electrons. The Labute approximate surface area is 310 Å². The molecule has 1 unspecified atom stereocenters. The van der Waals surface area contributed by atoms with Crippen LogP contribution in [0.25, 0.3) is 16.8 Å². The van der Waals surface area contributed by atoms with Crippen molar-refractivity contribution in [1.82, 2.24) is 23.9 Å². The molecule has 3 aromatic carbocycles. The van der Waals surface area contributed by atoms with E-state index in [0.29, 0.717) is 43.0 Å². The van der Waals surface area contributed by atoms with Crippen LogP contribution in [-0.2, 0) is 24.0 Å². The van der Waals surface area contributed by atoms with Crippen LogP contribution in [0.2, 0.25) is 0 Å². The van der Waals surface area contributed by atoms with Gasteiger partial charge in [-0.3, -0.25) is 9.59 Å². The normalized spacial score (nSPS) is 16.5. The maximum absolute atomic E-state index is 14.7. The van der Waals surface area contributed by atoms with Crippen LogP contribution in [0.4, 0.5) is 0 Å². The Morgan fingerprint density at radius 3 is 2.19 bits per heavy atom. The van der Waals surface area contributed by atoms with Gasteiger partial charge in [0.1, 0.15) is 11.0 Å². The topological polar surface area (TPSA) is 130 Å². The molecule has 0 saturated carbocycles. The highest BCUT2D eigenvalue weighted by atomic mass is 32.2. The Kier molecular flexibility index (Phi) is 13.6. The molecule has 1 fully saturated rings. The van der Waals surface area contributed by atoms with Gasteiger partial charge in [-0.05, 0) is 91.6 Å². The molecule has 1 saturated heterocycles.